The Morgan fingerprint density at radius 1 is 0.500 bits per heavy atom. The molecule has 2 aromatic heterocycles. The molecule has 0 unspecified atom stereocenters. The minimum absolute atomic E-state index is 0.0792. The second-order valence-corrected chi connectivity index (χ2v) is 28.4. The Balaban J connectivity index is 0.000000176. The third kappa shape index (κ3) is 18.0. The molecule has 0 N–H and O–H groups in total. The van der Waals surface area contributed by atoms with E-state index in [1.807, 2.05) is 97.3 Å². The number of halogens is 4. The Labute approximate surface area is 527 Å². The summed E-state index contributed by atoms with van der Waals surface area (Å²) in [5, 5.41) is 1.32. The molecule has 2 aliphatic rings. The van der Waals surface area contributed by atoms with Crippen molar-refractivity contribution in [3.05, 3.63) is 214 Å². The number of alkyl halides is 2. The third-order valence-corrected chi connectivity index (χ3v) is 19.7. The van der Waals surface area contributed by atoms with E-state index < -0.39 is 39.8 Å². The number of likely N-dealkylation sites (N-methyl/N-ethyl adjacent to an activating group) is 2. The molecule has 0 aliphatic heterocycles. The zero-order valence-corrected chi connectivity index (χ0v) is 53.8. The Morgan fingerprint density at radius 3 is 1.19 bits per heavy atom. The molecule has 0 saturated heterocycles. The lowest BCUT2D eigenvalue weighted by Crippen LogP contribution is -2.41. The number of benzene rings is 6. The van der Waals surface area contributed by atoms with Gasteiger partial charge in [-0.2, -0.15) is 0 Å². The van der Waals surface area contributed by atoms with Crippen LogP contribution in [0.4, 0.5) is 0 Å². The predicted molar refractivity (Wildman–Crippen MR) is 336 cm³/mol. The van der Waals surface area contributed by atoms with Crippen LogP contribution in [0, 0.1) is 11.8 Å². The van der Waals surface area contributed by atoms with Gasteiger partial charge in [0, 0.05) is 20.8 Å². The number of rotatable bonds is 22. The van der Waals surface area contributed by atoms with Gasteiger partial charge in [0.1, 0.15) is 56.2 Å². The zero-order chi connectivity index (χ0) is 61.6. The van der Waals surface area contributed by atoms with Crippen LogP contribution < -0.4 is 0 Å². The fourth-order valence-corrected chi connectivity index (χ4v) is 13.9. The van der Waals surface area contributed by atoms with Crippen molar-refractivity contribution in [3.8, 4) is 0 Å². The molecule has 2 aliphatic carbocycles. The molecule has 460 valence electrons. The molecule has 86 heavy (non-hydrogen) atoms. The van der Waals surface area contributed by atoms with Crippen LogP contribution in [0.3, 0.4) is 0 Å². The lowest BCUT2D eigenvalue weighted by atomic mass is 9.76. The molecule has 6 aromatic carbocycles. The van der Waals surface area contributed by atoms with Crippen LogP contribution in [-0.4, -0.2) is 99.4 Å². The Morgan fingerprint density at radius 2 is 0.849 bits per heavy atom. The lowest BCUT2D eigenvalue weighted by Gasteiger charge is -2.36. The predicted octanol–water partition coefficient (Wildman–Crippen LogP) is 15.0. The first-order chi connectivity index (χ1) is 40.9. The molecule has 0 amide bonds. The number of aromatic nitrogens is 2. The van der Waals surface area contributed by atoms with Gasteiger partial charge in [0.25, 0.3) is 0 Å². The van der Waals surface area contributed by atoms with E-state index in [0.29, 0.717) is 50.0 Å². The minimum Gasteiger partial charge on any atom is -0.744 e. The average Bonchev–Trinajstić information content (AvgIpc) is 3.15. The summed E-state index contributed by atoms with van der Waals surface area (Å²) < 4.78 is 92.2. The van der Waals surface area contributed by atoms with Crippen LogP contribution in [-0.2, 0) is 65.8 Å². The summed E-state index contributed by atoms with van der Waals surface area (Å²) in [4.78, 5) is 6.89. The number of hydrogen-bond acceptors (Lipinski definition) is 12. The molecule has 0 spiro atoms. The molecular formula is C66H76Cl4N4O10S2. The summed E-state index contributed by atoms with van der Waals surface area (Å²) in [6.45, 7) is 5.64. The van der Waals surface area contributed by atoms with Gasteiger partial charge in [-0.15, -0.1) is 23.2 Å². The standard InChI is InChI=1S/2C28H35Cl2N2O2.C10H8O6S2/c2*1-32(2,17-18-33-21-22-13-15-25(29)16-14-22)20-26-19-31-27(34-26)28(30,23-9-5-3-6-10-23)24-11-7-4-8-12-24;11-17(12,13)9-5-1-3-7-8(9)4-2-6-10(7)18(14,15)16/h2*3,5-6,9-10,13-16,19,24H,4,7-8,11-12,17-18,20-21H2,1-2H3;1-6H,(H,11,12,13)(H,14,15,16)/q2*+1;/p-2/t2*28-;/m00./s1. The van der Waals surface area contributed by atoms with Crippen molar-refractivity contribution < 1.29 is 53.2 Å². The van der Waals surface area contributed by atoms with Crippen molar-refractivity contribution in [1.29, 1.82) is 0 Å². The van der Waals surface area contributed by atoms with Gasteiger partial charge < -0.3 is 36.4 Å². The molecule has 0 radical (unpaired) electrons. The van der Waals surface area contributed by atoms with Gasteiger partial charge >= 0.3 is 0 Å². The van der Waals surface area contributed by atoms with Crippen molar-refractivity contribution in [3.63, 3.8) is 0 Å². The van der Waals surface area contributed by atoms with Gasteiger partial charge in [-0.3, -0.25) is 0 Å². The van der Waals surface area contributed by atoms with Crippen molar-refractivity contribution in [2.45, 2.75) is 110 Å². The summed E-state index contributed by atoms with van der Waals surface area (Å²) >= 11 is 26.8. The van der Waals surface area contributed by atoms with Crippen molar-refractivity contribution in [1.82, 2.24) is 9.97 Å². The van der Waals surface area contributed by atoms with E-state index >= 15 is 0 Å². The Kier molecular flexibility index (Phi) is 23.2. The van der Waals surface area contributed by atoms with Gasteiger partial charge in [0.15, 0.2) is 11.5 Å². The van der Waals surface area contributed by atoms with E-state index in [2.05, 4.69) is 52.5 Å². The second kappa shape index (κ2) is 29.9. The maximum absolute atomic E-state index is 11.0. The summed E-state index contributed by atoms with van der Waals surface area (Å²) in [5.41, 5.74) is 4.39. The topological polar surface area (TPSA) is 185 Å². The van der Waals surface area contributed by atoms with E-state index in [1.54, 1.807) is 0 Å². The average molecular weight is 1290 g/mol. The molecule has 2 fully saturated rings. The first kappa shape index (κ1) is 66.8. The maximum Gasteiger partial charge on any atom is 0.220 e. The fraction of sp³-hybridized carbons (Fsp3) is 0.394. The van der Waals surface area contributed by atoms with Crippen LogP contribution in [0.1, 0.15) is 110 Å². The lowest BCUT2D eigenvalue weighted by molar-refractivity contribution is -0.905. The van der Waals surface area contributed by atoms with E-state index in [-0.39, 0.29) is 10.8 Å². The molecule has 2 atom stereocenters. The molecular weight excluding hydrogens is 1210 g/mol. The van der Waals surface area contributed by atoms with E-state index in [1.165, 1.54) is 62.8 Å². The number of fused-ring (bicyclic) bond motifs is 1. The number of nitrogens with zero attached hydrogens (tertiary/aromatic N) is 4. The van der Waals surface area contributed by atoms with Crippen LogP contribution >= 0.6 is 46.4 Å². The number of oxazole rings is 2. The summed E-state index contributed by atoms with van der Waals surface area (Å²) in [6.07, 6.45) is 15.5. The number of ether oxygens (including phenoxy) is 2. The molecule has 10 rings (SSSR count). The maximum atomic E-state index is 11.0. The molecule has 20 heteroatoms. The highest BCUT2D eigenvalue weighted by Crippen LogP contribution is 2.50. The van der Waals surface area contributed by atoms with Gasteiger partial charge in [0.05, 0.1) is 76.8 Å². The van der Waals surface area contributed by atoms with E-state index in [4.69, 9.17) is 74.7 Å². The molecule has 14 nitrogen and oxygen atoms in total. The molecule has 0 bridgehead atoms. The van der Waals surface area contributed by atoms with Gasteiger partial charge in [-0.25, -0.2) is 26.8 Å². The molecule has 2 heterocycles. The quantitative estimate of drug-likeness (QED) is 0.0271. The first-order valence-electron chi connectivity index (χ1n) is 29.1. The highest BCUT2D eigenvalue weighted by Gasteiger charge is 2.46. The summed E-state index contributed by atoms with van der Waals surface area (Å²) in [7, 11) is -0.754. The summed E-state index contributed by atoms with van der Waals surface area (Å²) in [6, 6.07) is 43.3. The first-order valence-corrected chi connectivity index (χ1v) is 33.4. The van der Waals surface area contributed by atoms with Crippen molar-refractivity contribution in [2.24, 2.45) is 11.8 Å². The largest absolute Gasteiger partial charge is 0.744 e. The fourth-order valence-electron chi connectivity index (χ4n) is 11.4. The second-order valence-electron chi connectivity index (χ2n) is 23.6. The van der Waals surface area contributed by atoms with Crippen LogP contribution in [0.2, 0.25) is 10.0 Å². The molecule has 8 aromatic rings. The highest BCUT2D eigenvalue weighted by atomic mass is 35.5. The van der Waals surface area contributed by atoms with E-state index in [0.717, 1.165) is 117 Å². The van der Waals surface area contributed by atoms with Gasteiger partial charge in [-0.05, 0) is 96.2 Å². The molecule has 2 saturated carbocycles. The monoisotopic (exact) mass is 1290 g/mol. The van der Waals surface area contributed by atoms with Crippen LogP contribution in [0.25, 0.3) is 10.8 Å². The zero-order valence-electron chi connectivity index (χ0n) is 49.1. The normalized spacial score (nSPS) is 16.1. The smallest absolute Gasteiger partial charge is 0.220 e. The third-order valence-electron chi connectivity index (χ3n) is 16.0. The summed E-state index contributed by atoms with van der Waals surface area (Å²) in [5.74, 6) is 3.60. The number of quaternary nitrogens is 2. The highest BCUT2D eigenvalue weighted by molar-refractivity contribution is 7.86. The van der Waals surface area contributed by atoms with E-state index in [9.17, 15) is 25.9 Å². The van der Waals surface area contributed by atoms with Crippen molar-refractivity contribution in [2.75, 3.05) is 54.5 Å². The Bertz CT molecular complexity index is 3420. The van der Waals surface area contributed by atoms with Crippen molar-refractivity contribution >= 4 is 77.4 Å². The number of hydrogen-bond donors (Lipinski definition) is 0. The minimum atomic E-state index is -4.74. The Hall–Kier alpha value is -5.18. The van der Waals surface area contributed by atoms with Gasteiger partial charge in [-0.1, -0.05) is 171 Å². The van der Waals surface area contributed by atoms with Crippen LogP contribution in [0.5, 0.6) is 0 Å². The van der Waals surface area contributed by atoms with Gasteiger partial charge in [0.2, 0.25) is 11.8 Å². The SMILES string of the molecule is C[N+](C)(CCOCc1ccc(Cl)cc1)Cc1cnc([C@](Cl)(c2ccccc2)C2CCCCC2)o1.C[N+](C)(CCOCc1ccc(Cl)cc1)Cc1cnc([C@](Cl)(c2ccccc2)C2CCCCC2)o1.O=S(=O)([O-])c1cccc2c(S(=O)(=O)[O-])cccc12. The van der Waals surface area contributed by atoms with Crippen LogP contribution in [0.15, 0.2) is 177 Å².